The van der Waals surface area contributed by atoms with Crippen molar-refractivity contribution >= 4 is 27.5 Å². The van der Waals surface area contributed by atoms with Gasteiger partial charge in [-0.3, -0.25) is 9.59 Å². The first kappa shape index (κ1) is 18.5. The molecule has 0 radical (unpaired) electrons. The van der Waals surface area contributed by atoms with Crippen LogP contribution < -0.4 is 14.8 Å². The molecular formula is C17H18N2O5S. The lowest BCUT2D eigenvalue weighted by atomic mass is 10.2. The van der Waals surface area contributed by atoms with Crippen LogP contribution in [0.2, 0.25) is 0 Å². The number of carbonyl (C=O) groups is 2. The lowest BCUT2D eigenvalue weighted by Crippen LogP contribution is -2.28. The maximum absolute atomic E-state index is 12.2. The predicted octanol–water partition coefficient (Wildman–Crippen LogP) is 2.16. The minimum absolute atomic E-state index is 0.0678. The van der Waals surface area contributed by atoms with Gasteiger partial charge in [-0.15, -0.1) is 0 Å². The molecule has 0 atom stereocenters. The highest BCUT2D eigenvalue weighted by molar-refractivity contribution is 7.90. The number of amides is 2. The first-order valence-corrected chi connectivity index (χ1v) is 8.98. The molecule has 0 aliphatic rings. The number of sulfonamides is 1. The van der Waals surface area contributed by atoms with Crippen molar-refractivity contribution in [2.75, 3.05) is 11.9 Å². The van der Waals surface area contributed by atoms with Crippen LogP contribution in [0.4, 0.5) is 5.69 Å². The lowest BCUT2D eigenvalue weighted by Gasteiger charge is -2.08. The smallest absolute Gasteiger partial charge is 0.264 e. The van der Waals surface area contributed by atoms with E-state index in [1.54, 1.807) is 24.3 Å². The highest BCUT2D eigenvalue weighted by atomic mass is 32.2. The summed E-state index contributed by atoms with van der Waals surface area (Å²) in [5.74, 6) is -0.333. The van der Waals surface area contributed by atoms with E-state index in [-0.39, 0.29) is 10.8 Å². The van der Waals surface area contributed by atoms with Crippen molar-refractivity contribution in [2.24, 2.45) is 0 Å². The van der Waals surface area contributed by atoms with E-state index in [0.29, 0.717) is 23.6 Å². The fourth-order valence-electron chi connectivity index (χ4n) is 2.04. The Bertz CT molecular complexity index is 859. The molecule has 0 saturated carbocycles. The molecule has 7 nitrogen and oxygen atoms in total. The molecule has 0 unspecified atom stereocenters. The van der Waals surface area contributed by atoms with Crippen molar-refractivity contribution in [3.63, 3.8) is 0 Å². The SMILES string of the molecule is CCOc1ccc(C(=O)Nc2ccc(S(=O)(=O)NC(C)=O)cc2)cc1. The normalized spacial score (nSPS) is 10.8. The topological polar surface area (TPSA) is 102 Å². The van der Waals surface area contributed by atoms with E-state index in [2.05, 4.69) is 5.32 Å². The van der Waals surface area contributed by atoms with Gasteiger partial charge in [-0.25, -0.2) is 13.1 Å². The largest absolute Gasteiger partial charge is 0.494 e. The average molecular weight is 362 g/mol. The Morgan fingerprint density at radius 1 is 1.00 bits per heavy atom. The number of carbonyl (C=O) groups excluding carboxylic acids is 2. The Balaban J connectivity index is 2.08. The summed E-state index contributed by atoms with van der Waals surface area (Å²) in [5.41, 5.74) is 0.874. The molecule has 0 aromatic heterocycles. The van der Waals surface area contributed by atoms with Crippen LogP contribution in [0.15, 0.2) is 53.4 Å². The van der Waals surface area contributed by atoms with Gasteiger partial charge in [-0.1, -0.05) is 0 Å². The van der Waals surface area contributed by atoms with Crippen LogP contribution in [0, 0.1) is 0 Å². The van der Waals surface area contributed by atoms with Crippen molar-refractivity contribution in [1.82, 2.24) is 4.72 Å². The maximum atomic E-state index is 12.2. The van der Waals surface area contributed by atoms with Gasteiger partial charge >= 0.3 is 0 Å². The lowest BCUT2D eigenvalue weighted by molar-refractivity contribution is -0.117. The van der Waals surface area contributed by atoms with Crippen LogP contribution in [0.3, 0.4) is 0 Å². The summed E-state index contributed by atoms with van der Waals surface area (Å²) < 4.78 is 30.9. The number of nitrogens with one attached hydrogen (secondary N) is 2. The second-order valence-corrected chi connectivity index (χ2v) is 6.78. The van der Waals surface area contributed by atoms with Crippen molar-refractivity contribution < 1.29 is 22.7 Å². The number of benzene rings is 2. The maximum Gasteiger partial charge on any atom is 0.264 e. The molecule has 0 aliphatic heterocycles. The Morgan fingerprint density at radius 2 is 1.60 bits per heavy atom. The Labute approximate surface area is 146 Å². The molecule has 0 fully saturated rings. The van der Waals surface area contributed by atoms with E-state index in [4.69, 9.17) is 4.74 Å². The number of hydrogen-bond acceptors (Lipinski definition) is 5. The fourth-order valence-corrected chi connectivity index (χ4v) is 3.03. The van der Waals surface area contributed by atoms with Gasteiger partial charge in [0.15, 0.2) is 0 Å². The van der Waals surface area contributed by atoms with E-state index in [1.807, 2.05) is 11.6 Å². The third kappa shape index (κ3) is 5.05. The summed E-state index contributed by atoms with van der Waals surface area (Å²) in [4.78, 5) is 23.0. The molecule has 0 saturated heterocycles. The summed E-state index contributed by atoms with van der Waals surface area (Å²) >= 11 is 0. The molecule has 2 aromatic carbocycles. The first-order chi connectivity index (χ1) is 11.8. The summed E-state index contributed by atoms with van der Waals surface area (Å²) in [5, 5.41) is 2.67. The number of ether oxygens (including phenoxy) is 1. The number of anilines is 1. The molecule has 0 heterocycles. The second kappa shape index (κ2) is 7.80. The van der Waals surface area contributed by atoms with Crippen LogP contribution >= 0.6 is 0 Å². The molecule has 8 heteroatoms. The summed E-state index contributed by atoms with van der Waals surface area (Å²) in [6.07, 6.45) is 0. The van der Waals surface area contributed by atoms with E-state index in [1.165, 1.54) is 24.3 Å². The van der Waals surface area contributed by atoms with Crippen molar-refractivity contribution in [1.29, 1.82) is 0 Å². The molecule has 132 valence electrons. The highest BCUT2D eigenvalue weighted by Crippen LogP contribution is 2.16. The van der Waals surface area contributed by atoms with Gasteiger partial charge in [0, 0.05) is 18.2 Å². The predicted molar refractivity (Wildman–Crippen MR) is 93.0 cm³/mol. The molecular weight excluding hydrogens is 344 g/mol. The van der Waals surface area contributed by atoms with Gasteiger partial charge in [0.25, 0.3) is 15.9 Å². The van der Waals surface area contributed by atoms with Crippen molar-refractivity contribution in [3.05, 3.63) is 54.1 Å². The Kier molecular flexibility index (Phi) is 5.76. The van der Waals surface area contributed by atoms with Gasteiger partial charge < -0.3 is 10.1 Å². The standard InChI is InChI=1S/C17H18N2O5S/c1-3-24-15-8-4-13(5-9-15)17(21)18-14-6-10-16(11-7-14)25(22,23)19-12(2)20/h4-11H,3H2,1-2H3,(H,18,21)(H,19,20). The molecule has 2 N–H and O–H groups in total. The van der Waals surface area contributed by atoms with Crippen molar-refractivity contribution in [3.8, 4) is 5.75 Å². The van der Waals surface area contributed by atoms with Crippen LogP contribution in [0.5, 0.6) is 5.75 Å². The first-order valence-electron chi connectivity index (χ1n) is 7.49. The van der Waals surface area contributed by atoms with E-state index >= 15 is 0 Å². The highest BCUT2D eigenvalue weighted by Gasteiger charge is 2.15. The quantitative estimate of drug-likeness (QED) is 0.820. The van der Waals surface area contributed by atoms with E-state index in [0.717, 1.165) is 6.92 Å². The zero-order chi connectivity index (χ0) is 18.4. The molecule has 2 rings (SSSR count). The molecule has 2 aromatic rings. The third-order valence-electron chi connectivity index (χ3n) is 3.13. The molecule has 0 bridgehead atoms. The zero-order valence-electron chi connectivity index (χ0n) is 13.8. The molecule has 0 spiro atoms. The summed E-state index contributed by atoms with van der Waals surface area (Å²) in [7, 11) is -3.89. The molecule has 0 aliphatic carbocycles. The zero-order valence-corrected chi connectivity index (χ0v) is 14.6. The van der Waals surface area contributed by atoms with Gasteiger partial charge in [-0.05, 0) is 55.5 Å². The van der Waals surface area contributed by atoms with Gasteiger partial charge in [-0.2, -0.15) is 0 Å². The van der Waals surface area contributed by atoms with Gasteiger partial charge in [0.2, 0.25) is 5.91 Å². The van der Waals surface area contributed by atoms with Gasteiger partial charge in [0.05, 0.1) is 11.5 Å². The minimum Gasteiger partial charge on any atom is -0.494 e. The fraction of sp³-hybridized carbons (Fsp3) is 0.176. The van der Waals surface area contributed by atoms with E-state index in [9.17, 15) is 18.0 Å². The van der Waals surface area contributed by atoms with Crippen LogP contribution in [-0.4, -0.2) is 26.8 Å². The third-order valence-corrected chi connectivity index (χ3v) is 4.58. The monoisotopic (exact) mass is 362 g/mol. The number of hydrogen-bond donors (Lipinski definition) is 2. The van der Waals surface area contributed by atoms with Crippen LogP contribution in [0.25, 0.3) is 0 Å². The number of rotatable bonds is 6. The van der Waals surface area contributed by atoms with Crippen molar-refractivity contribution in [2.45, 2.75) is 18.7 Å². The average Bonchev–Trinajstić information content (AvgIpc) is 2.55. The summed E-state index contributed by atoms with van der Waals surface area (Å²) in [6, 6.07) is 12.2. The second-order valence-electron chi connectivity index (χ2n) is 5.10. The summed E-state index contributed by atoms with van der Waals surface area (Å²) in [6.45, 7) is 3.53. The van der Waals surface area contributed by atoms with E-state index < -0.39 is 15.9 Å². The minimum atomic E-state index is -3.89. The molecule has 2 amide bonds. The Hall–Kier alpha value is -2.87. The molecule has 25 heavy (non-hydrogen) atoms. The van der Waals surface area contributed by atoms with Crippen LogP contribution in [0.1, 0.15) is 24.2 Å². The Morgan fingerprint density at radius 3 is 2.12 bits per heavy atom. The van der Waals surface area contributed by atoms with Gasteiger partial charge in [0.1, 0.15) is 5.75 Å². The van der Waals surface area contributed by atoms with Crippen LogP contribution in [-0.2, 0) is 14.8 Å².